The lowest BCUT2D eigenvalue weighted by molar-refractivity contribution is 0.385. The molecule has 1 atom stereocenters. The third kappa shape index (κ3) is 3.49. The SMILES string of the molecule is COc1ccc(C(N)CCC(C)C)cc1F. The van der Waals surface area contributed by atoms with E-state index in [4.69, 9.17) is 10.5 Å². The lowest BCUT2D eigenvalue weighted by atomic mass is 9.98. The number of halogens is 1. The number of rotatable bonds is 5. The zero-order chi connectivity index (χ0) is 12.1. The van der Waals surface area contributed by atoms with Gasteiger partial charge >= 0.3 is 0 Å². The second-order valence-corrected chi connectivity index (χ2v) is 4.47. The van der Waals surface area contributed by atoms with Gasteiger partial charge in [-0.05, 0) is 36.5 Å². The molecule has 0 saturated heterocycles. The molecule has 0 amide bonds. The molecule has 0 aliphatic carbocycles. The van der Waals surface area contributed by atoms with Crippen LogP contribution in [0.15, 0.2) is 18.2 Å². The summed E-state index contributed by atoms with van der Waals surface area (Å²) in [5.74, 6) is 0.536. The highest BCUT2D eigenvalue weighted by molar-refractivity contribution is 5.30. The number of hydrogen-bond donors (Lipinski definition) is 1. The van der Waals surface area contributed by atoms with Crippen LogP contribution in [0.25, 0.3) is 0 Å². The quantitative estimate of drug-likeness (QED) is 0.834. The van der Waals surface area contributed by atoms with Crippen LogP contribution in [0.2, 0.25) is 0 Å². The van der Waals surface area contributed by atoms with Gasteiger partial charge in [0, 0.05) is 6.04 Å². The minimum atomic E-state index is -0.347. The fourth-order valence-corrected chi connectivity index (χ4v) is 1.59. The number of benzene rings is 1. The Bertz CT molecular complexity index is 339. The van der Waals surface area contributed by atoms with Gasteiger partial charge in [0.2, 0.25) is 0 Å². The van der Waals surface area contributed by atoms with Crippen LogP contribution in [0.5, 0.6) is 5.75 Å². The number of methoxy groups -OCH3 is 1. The first-order valence-corrected chi connectivity index (χ1v) is 5.63. The van der Waals surface area contributed by atoms with Gasteiger partial charge in [-0.1, -0.05) is 19.9 Å². The molecular weight excluding hydrogens is 205 g/mol. The van der Waals surface area contributed by atoms with Crippen molar-refractivity contribution in [2.45, 2.75) is 32.7 Å². The number of hydrogen-bond acceptors (Lipinski definition) is 2. The van der Waals surface area contributed by atoms with Gasteiger partial charge in [-0.3, -0.25) is 0 Å². The van der Waals surface area contributed by atoms with Crippen molar-refractivity contribution < 1.29 is 9.13 Å². The molecule has 0 aliphatic heterocycles. The van der Waals surface area contributed by atoms with Crippen molar-refractivity contribution in [1.29, 1.82) is 0 Å². The van der Waals surface area contributed by atoms with Gasteiger partial charge in [-0.2, -0.15) is 0 Å². The van der Waals surface area contributed by atoms with Gasteiger partial charge in [0.25, 0.3) is 0 Å². The molecule has 2 nitrogen and oxygen atoms in total. The lowest BCUT2D eigenvalue weighted by Crippen LogP contribution is -2.11. The van der Waals surface area contributed by atoms with E-state index >= 15 is 0 Å². The Labute approximate surface area is 96.6 Å². The topological polar surface area (TPSA) is 35.2 Å². The van der Waals surface area contributed by atoms with Gasteiger partial charge in [0.1, 0.15) is 0 Å². The summed E-state index contributed by atoms with van der Waals surface area (Å²) in [5, 5.41) is 0. The summed E-state index contributed by atoms with van der Waals surface area (Å²) < 4.78 is 18.3. The fourth-order valence-electron chi connectivity index (χ4n) is 1.59. The Morgan fingerprint density at radius 3 is 2.50 bits per heavy atom. The van der Waals surface area contributed by atoms with Crippen molar-refractivity contribution in [3.8, 4) is 5.75 Å². The molecule has 90 valence electrons. The maximum Gasteiger partial charge on any atom is 0.165 e. The molecule has 0 fully saturated rings. The molecule has 16 heavy (non-hydrogen) atoms. The van der Waals surface area contributed by atoms with Crippen LogP contribution in [0.4, 0.5) is 4.39 Å². The molecule has 1 aromatic rings. The first-order valence-electron chi connectivity index (χ1n) is 5.63. The molecule has 0 spiro atoms. The van der Waals surface area contributed by atoms with Crippen molar-refractivity contribution in [2.75, 3.05) is 7.11 Å². The molecule has 2 N–H and O–H groups in total. The van der Waals surface area contributed by atoms with Crippen LogP contribution in [0.1, 0.15) is 38.3 Å². The molecule has 0 bridgehead atoms. The van der Waals surface area contributed by atoms with Crippen LogP contribution < -0.4 is 10.5 Å². The highest BCUT2D eigenvalue weighted by Gasteiger charge is 2.10. The van der Waals surface area contributed by atoms with Crippen molar-refractivity contribution in [3.05, 3.63) is 29.6 Å². The average molecular weight is 225 g/mol. The van der Waals surface area contributed by atoms with Gasteiger partial charge in [0.15, 0.2) is 11.6 Å². The summed E-state index contributed by atoms with van der Waals surface area (Å²) in [6, 6.07) is 4.82. The minimum absolute atomic E-state index is 0.0946. The molecule has 0 heterocycles. The van der Waals surface area contributed by atoms with E-state index in [9.17, 15) is 4.39 Å². The van der Waals surface area contributed by atoms with Crippen LogP contribution in [-0.4, -0.2) is 7.11 Å². The zero-order valence-corrected chi connectivity index (χ0v) is 10.2. The van der Waals surface area contributed by atoms with E-state index in [1.807, 2.05) is 6.07 Å². The van der Waals surface area contributed by atoms with Crippen LogP contribution in [0, 0.1) is 11.7 Å². The maximum absolute atomic E-state index is 13.4. The van der Waals surface area contributed by atoms with E-state index in [1.54, 1.807) is 6.07 Å². The van der Waals surface area contributed by atoms with Crippen molar-refractivity contribution in [3.63, 3.8) is 0 Å². The third-order valence-corrected chi connectivity index (χ3v) is 2.66. The minimum Gasteiger partial charge on any atom is -0.494 e. The van der Waals surface area contributed by atoms with Crippen molar-refractivity contribution in [1.82, 2.24) is 0 Å². The normalized spacial score (nSPS) is 12.9. The summed E-state index contributed by atoms with van der Waals surface area (Å²) in [4.78, 5) is 0. The molecule has 0 aromatic heterocycles. The van der Waals surface area contributed by atoms with Crippen molar-refractivity contribution >= 4 is 0 Å². The summed E-state index contributed by atoms with van der Waals surface area (Å²) in [5.41, 5.74) is 6.83. The second-order valence-electron chi connectivity index (χ2n) is 4.47. The molecule has 0 saturated carbocycles. The highest BCUT2D eigenvalue weighted by Crippen LogP contribution is 2.23. The average Bonchev–Trinajstić information content (AvgIpc) is 2.25. The second kappa shape index (κ2) is 5.85. The van der Waals surface area contributed by atoms with E-state index < -0.39 is 0 Å². The van der Waals surface area contributed by atoms with Gasteiger partial charge < -0.3 is 10.5 Å². The van der Waals surface area contributed by atoms with Gasteiger partial charge in [0.05, 0.1) is 7.11 Å². The largest absolute Gasteiger partial charge is 0.494 e. The van der Waals surface area contributed by atoms with Crippen molar-refractivity contribution in [2.24, 2.45) is 11.7 Å². The van der Waals surface area contributed by atoms with Crippen LogP contribution in [-0.2, 0) is 0 Å². The highest BCUT2D eigenvalue weighted by atomic mass is 19.1. The van der Waals surface area contributed by atoms with E-state index in [0.717, 1.165) is 18.4 Å². The zero-order valence-electron chi connectivity index (χ0n) is 10.2. The fraction of sp³-hybridized carbons (Fsp3) is 0.538. The molecule has 1 unspecified atom stereocenters. The first kappa shape index (κ1) is 13.0. The van der Waals surface area contributed by atoms with E-state index in [1.165, 1.54) is 13.2 Å². The number of ether oxygens (including phenoxy) is 1. The Balaban J connectivity index is 2.69. The predicted molar refractivity (Wildman–Crippen MR) is 64.0 cm³/mol. The Morgan fingerprint density at radius 2 is 2.00 bits per heavy atom. The maximum atomic E-state index is 13.4. The van der Waals surface area contributed by atoms with Crippen LogP contribution in [0.3, 0.4) is 0 Å². The Hall–Kier alpha value is -1.09. The predicted octanol–water partition coefficient (Wildman–Crippen LogP) is 3.27. The van der Waals surface area contributed by atoms with Gasteiger partial charge in [-0.15, -0.1) is 0 Å². The monoisotopic (exact) mass is 225 g/mol. The molecule has 0 aliphatic rings. The standard InChI is InChI=1S/C13H20FNO/c1-9(2)4-6-12(15)10-5-7-13(16-3)11(14)8-10/h5,7-9,12H,4,6,15H2,1-3H3. The summed E-state index contributed by atoms with van der Waals surface area (Å²) in [6.07, 6.45) is 1.93. The van der Waals surface area contributed by atoms with Crippen LogP contribution >= 0.6 is 0 Å². The van der Waals surface area contributed by atoms with E-state index in [-0.39, 0.29) is 17.6 Å². The Kier molecular flexibility index (Phi) is 4.74. The Morgan fingerprint density at radius 1 is 1.31 bits per heavy atom. The van der Waals surface area contributed by atoms with E-state index in [0.29, 0.717) is 5.92 Å². The summed E-state index contributed by atoms with van der Waals surface area (Å²) >= 11 is 0. The lowest BCUT2D eigenvalue weighted by Gasteiger charge is -2.14. The molecular formula is C13H20FNO. The van der Waals surface area contributed by atoms with E-state index in [2.05, 4.69) is 13.8 Å². The first-order chi connectivity index (χ1) is 7.54. The molecule has 1 aromatic carbocycles. The molecule has 3 heteroatoms. The summed E-state index contributed by atoms with van der Waals surface area (Å²) in [7, 11) is 1.46. The van der Waals surface area contributed by atoms with Gasteiger partial charge in [-0.25, -0.2) is 4.39 Å². The third-order valence-electron chi connectivity index (χ3n) is 2.66. The number of nitrogens with two attached hydrogens (primary N) is 1. The molecule has 0 radical (unpaired) electrons. The summed E-state index contributed by atoms with van der Waals surface area (Å²) in [6.45, 7) is 4.31. The smallest absolute Gasteiger partial charge is 0.165 e. The molecule has 1 rings (SSSR count).